The Labute approximate surface area is 392 Å². The minimum atomic E-state index is -1.85. The topological polar surface area (TPSA) is 174 Å². The number of anilines is 1. The second-order valence-corrected chi connectivity index (χ2v) is 16.6. The van der Waals surface area contributed by atoms with Crippen LogP contribution in [0, 0.1) is 46.5 Å². The number of hydrogen-bond donors (Lipinski definition) is 8. The molecule has 0 amide bonds. The molecule has 4 aromatic carbocycles. The lowest BCUT2D eigenvalue weighted by molar-refractivity contribution is 0.0881. The van der Waals surface area contributed by atoms with Gasteiger partial charge in [-0.25, -0.2) is 45.1 Å². The number of aliphatic hydroxyl groups excluding tert-OH is 4. The molecule has 3 aliphatic heterocycles. The van der Waals surface area contributed by atoms with Gasteiger partial charge in [0, 0.05) is 45.8 Å². The maximum absolute atomic E-state index is 16.6. The van der Waals surface area contributed by atoms with Gasteiger partial charge in [0.05, 0.1) is 59.4 Å². The summed E-state index contributed by atoms with van der Waals surface area (Å²) in [7, 11) is 0. The number of fused-ring (bicyclic) bond motifs is 6. The normalized spacial score (nSPS) is 16.3. The molecule has 5 aromatic rings. The molecule has 8 N–H and O–H groups in total. The average Bonchev–Trinajstić information content (AvgIpc) is 4.20. The first-order chi connectivity index (χ1) is 33.6. The van der Waals surface area contributed by atoms with Crippen LogP contribution in [0.4, 0.5) is 40.8 Å². The highest BCUT2D eigenvalue weighted by atomic mass is 19.2. The number of rotatable bonds is 12. The van der Waals surface area contributed by atoms with Gasteiger partial charge in [0.2, 0.25) is 0 Å². The smallest absolute Gasteiger partial charge is 0.185 e. The van der Waals surface area contributed by atoms with E-state index in [1.165, 1.54) is 85.0 Å². The van der Waals surface area contributed by atoms with E-state index in [2.05, 4.69) is 10.3 Å². The van der Waals surface area contributed by atoms with Gasteiger partial charge in [0.25, 0.3) is 0 Å². The van der Waals surface area contributed by atoms with Gasteiger partial charge in [0.1, 0.15) is 17.2 Å². The fraction of sp³-hybridized carbons (Fsp3) is 0.154. The van der Waals surface area contributed by atoms with E-state index in [4.69, 9.17) is 9.98 Å². The molecular weight excluding hydrogens is 929 g/mol. The number of aromatic hydroxyl groups is 2. The number of aliphatic imine (C=N–C) groups is 2. The first-order valence-electron chi connectivity index (χ1n) is 21.6. The zero-order chi connectivity index (χ0) is 49.7. The standard InChI is InChI=1S/C52H38F8N4O6/c53-44-31(10-9-29(69)21-65)45(54)47(56)43(46(44)55)41-36-15-11-32(62-36)38(23-3-1-5-27(67)18-23)25-7-8-26(17-25)40(42-48(57)50(59)52(51(60)49(42)58)61-20-30(70)22-66)35-14-12-33(63-35)39(34-13-16-37(41)64-34)24-4-2-6-28(68)19-24/h1-8,11-16,18-19,29-30,61,64-70H,9-10,17,20-22H2/t29-,30-/m1/s1. The van der Waals surface area contributed by atoms with Crippen molar-refractivity contribution in [2.45, 2.75) is 31.5 Å². The van der Waals surface area contributed by atoms with Crippen molar-refractivity contribution in [3.05, 3.63) is 205 Å². The molecule has 0 fully saturated rings. The van der Waals surface area contributed by atoms with Crippen LogP contribution in [-0.2, 0) is 6.42 Å². The molecule has 9 rings (SSSR count). The predicted octanol–water partition coefficient (Wildman–Crippen LogP) is 9.01. The van der Waals surface area contributed by atoms with Gasteiger partial charge in [-0.3, -0.25) is 0 Å². The van der Waals surface area contributed by atoms with E-state index in [1.807, 2.05) is 0 Å². The van der Waals surface area contributed by atoms with Crippen molar-refractivity contribution >= 4 is 39.4 Å². The van der Waals surface area contributed by atoms with E-state index in [0.29, 0.717) is 11.1 Å². The van der Waals surface area contributed by atoms with E-state index >= 15 is 35.1 Å². The lowest BCUT2D eigenvalue weighted by atomic mass is 9.90. The van der Waals surface area contributed by atoms with E-state index in [9.17, 15) is 30.6 Å². The fourth-order valence-corrected chi connectivity index (χ4v) is 8.76. The zero-order valence-electron chi connectivity index (χ0n) is 36.2. The Morgan fingerprint density at radius 2 is 1.03 bits per heavy atom. The molecule has 0 saturated carbocycles. The maximum atomic E-state index is 16.6. The molecule has 358 valence electrons. The second-order valence-electron chi connectivity index (χ2n) is 16.6. The molecule has 18 heteroatoms. The Kier molecular flexibility index (Phi) is 12.9. The summed E-state index contributed by atoms with van der Waals surface area (Å²) in [5, 5.41) is 61.6. The number of halogens is 8. The fourth-order valence-electron chi connectivity index (χ4n) is 8.76. The van der Waals surface area contributed by atoms with Crippen LogP contribution in [0.2, 0.25) is 0 Å². The number of allylic oxidation sites excluding steroid dienone is 10. The van der Waals surface area contributed by atoms with Crippen molar-refractivity contribution in [2.24, 2.45) is 9.98 Å². The number of phenolic OH excluding ortho intramolecular Hbond substituents is 2. The Hall–Kier alpha value is -7.64. The van der Waals surface area contributed by atoms with Crippen molar-refractivity contribution in [3.8, 4) is 11.5 Å². The quantitative estimate of drug-likeness (QED) is 0.0455. The molecule has 0 spiro atoms. The minimum Gasteiger partial charge on any atom is -0.508 e. The molecular formula is C52H38F8N4O6. The summed E-state index contributed by atoms with van der Waals surface area (Å²) in [4.78, 5) is 12.5. The van der Waals surface area contributed by atoms with Gasteiger partial charge in [-0.15, -0.1) is 0 Å². The van der Waals surface area contributed by atoms with Gasteiger partial charge in [-0.05, 0) is 102 Å². The third kappa shape index (κ3) is 8.48. The number of phenols is 2. The zero-order valence-corrected chi connectivity index (χ0v) is 36.2. The van der Waals surface area contributed by atoms with Gasteiger partial charge in [-0.1, -0.05) is 36.4 Å². The number of nitrogens with one attached hydrogen (secondary N) is 2. The predicted molar refractivity (Wildman–Crippen MR) is 245 cm³/mol. The van der Waals surface area contributed by atoms with Crippen molar-refractivity contribution in [2.75, 3.05) is 25.1 Å². The molecule has 70 heavy (non-hydrogen) atoms. The van der Waals surface area contributed by atoms with Crippen LogP contribution in [0.15, 0.2) is 130 Å². The van der Waals surface area contributed by atoms with Crippen LogP contribution in [0.1, 0.15) is 52.0 Å². The van der Waals surface area contributed by atoms with E-state index in [-0.39, 0.29) is 74.4 Å². The highest BCUT2D eigenvalue weighted by Crippen LogP contribution is 2.45. The van der Waals surface area contributed by atoms with Crippen LogP contribution in [-0.4, -0.2) is 79.0 Å². The third-order valence-corrected chi connectivity index (χ3v) is 12.1. The number of aliphatic hydroxyl groups is 4. The summed E-state index contributed by atoms with van der Waals surface area (Å²) in [5.74, 6) is -14.9. The van der Waals surface area contributed by atoms with E-state index in [1.54, 1.807) is 12.1 Å². The number of benzene rings is 4. The Bertz CT molecular complexity index is 3270. The molecule has 8 bridgehead atoms. The third-order valence-electron chi connectivity index (χ3n) is 12.1. The number of aromatic nitrogens is 1. The molecule has 1 aliphatic carbocycles. The van der Waals surface area contributed by atoms with Crippen LogP contribution in [0.25, 0.3) is 22.3 Å². The highest BCUT2D eigenvalue weighted by Gasteiger charge is 2.35. The number of H-pyrrole nitrogens is 1. The van der Waals surface area contributed by atoms with Crippen molar-refractivity contribution in [3.63, 3.8) is 0 Å². The molecule has 10 nitrogen and oxygen atoms in total. The Balaban J connectivity index is 1.36. The van der Waals surface area contributed by atoms with E-state index < -0.39 is 125 Å². The highest BCUT2D eigenvalue weighted by molar-refractivity contribution is 6.34. The molecule has 2 atom stereocenters. The lowest BCUT2D eigenvalue weighted by Crippen LogP contribution is -2.24. The van der Waals surface area contributed by atoms with Crippen molar-refractivity contribution < 1.29 is 65.8 Å². The molecule has 4 heterocycles. The maximum Gasteiger partial charge on any atom is 0.185 e. The average molecular weight is 967 g/mol. The second kappa shape index (κ2) is 19.0. The molecule has 0 radical (unpaired) electrons. The monoisotopic (exact) mass is 966 g/mol. The van der Waals surface area contributed by atoms with Crippen LogP contribution in [0.5, 0.6) is 11.5 Å². The Morgan fingerprint density at radius 3 is 1.59 bits per heavy atom. The van der Waals surface area contributed by atoms with Gasteiger partial charge in [-0.2, -0.15) is 0 Å². The molecule has 4 aliphatic rings. The lowest BCUT2D eigenvalue weighted by Gasteiger charge is -2.18. The van der Waals surface area contributed by atoms with Crippen LogP contribution in [0.3, 0.4) is 0 Å². The first-order valence-corrected chi connectivity index (χ1v) is 21.6. The molecule has 0 saturated heterocycles. The van der Waals surface area contributed by atoms with Gasteiger partial charge < -0.3 is 40.9 Å². The van der Waals surface area contributed by atoms with Crippen LogP contribution < -0.4 is 5.32 Å². The summed E-state index contributed by atoms with van der Waals surface area (Å²) in [6, 6.07) is 14.3. The number of aromatic amines is 1. The van der Waals surface area contributed by atoms with E-state index in [0.717, 1.165) is 0 Å². The van der Waals surface area contributed by atoms with Crippen molar-refractivity contribution in [1.29, 1.82) is 0 Å². The number of nitrogens with zero attached hydrogens (tertiary/aromatic N) is 2. The molecule has 0 unspecified atom stereocenters. The first kappa shape index (κ1) is 47.4. The summed E-state index contributed by atoms with van der Waals surface area (Å²) < 4.78 is 131. The summed E-state index contributed by atoms with van der Waals surface area (Å²) in [5.41, 5.74) is -4.49. The Morgan fingerprint density at radius 1 is 0.543 bits per heavy atom. The van der Waals surface area contributed by atoms with Crippen LogP contribution >= 0.6 is 0 Å². The summed E-state index contributed by atoms with van der Waals surface area (Å²) >= 11 is 0. The molecule has 1 aromatic heterocycles. The summed E-state index contributed by atoms with van der Waals surface area (Å²) in [6.45, 7) is -2.28. The SMILES string of the molecule is OC[C@H](O)CCc1c(F)c(F)c(C2=C3C=CC(=N3)C(c3cccc(O)c3)=C3C=CC(=C(c4c(F)c(F)c(NC[C@@H](O)CO)c(F)c4F)C4=NC(=C(c5cccc(O)c5)c5ccc2[nH]5)C=C4)C3)c(F)c1F. The minimum absolute atomic E-state index is 0.0227. The summed E-state index contributed by atoms with van der Waals surface area (Å²) in [6.07, 6.45) is 4.07. The van der Waals surface area contributed by atoms with Gasteiger partial charge in [0.15, 0.2) is 46.5 Å². The largest absolute Gasteiger partial charge is 0.508 e. The van der Waals surface area contributed by atoms with Crippen molar-refractivity contribution in [1.82, 2.24) is 4.98 Å². The van der Waals surface area contributed by atoms with Gasteiger partial charge >= 0.3 is 0 Å². The number of hydrogen-bond acceptors (Lipinski definition) is 9.